The Morgan fingerprint density at radius 1 is 1.15 bits per heavy atom. The van der Waals surface area contributed by atoms with Crippen molar-refractivity contribution in [3.8, 4) is 23.0 Å². The molecule has 138 valence electrons. The summed E-state index contributed by atoms with van der Waals surface area (Å²) in [6.45, 7) is 0.182. The lowest BCUT2D eigenvalue weighted by molar-refractivity contribution is -0.119. The average molecular weight is 404 g/mol. The Balaban J connectivity index is 1.29. The van der Waals surface area contributed by atoms with Crippen LogP contribution in [0, 0.1) is 0 Å². The molecule has 0 bridgehead atoms. The monoisotopic (exact) mass is 404 g/mol. The lowest BCUT2D eigenvalue weighted by Gasteiger charge is -2.04. The zero-order valence-electron chi connectivity index (χ0n) is 13.6. The number of nitrogens with one attached hydrogen (secondary N) is 2. The molecule has 0 aliphatic carbocycles. The lowest BCUT2D eigenvalue weighted by Crippen LogP contribution is -2.42. The molecule has 2 amide bonds. The van der Waals surface area contributed by atoms with Gasteiger partial charge >= 0.3 is 0 Å². The summed E-state index contributed by atoms with van der Waals surface area (Å²) in [4.78, 5) is 24.1. The number of benzene rings is 1. The molecular formula is C16H12N4O5S2. The van der Waals surface area contributed by atoms with Crippen molar-refractivity contribution in [3.63, 3.8) is 0 Å². The molecule has 3 aromatic rings. The van der Waals surface area contributed by atoms with Gasteiger partial charge in [-0.1, -0.05) is 17.8 Å². The largest absolute Gasteiger partial charge is 0.454 e. The molecule has 1 aliphatic heterocycles. The van der Waals surface area contributed by atoms with E-state index in [1.165, 1.54) is 11.3 Å². The third kappa shape index (κ3) is 4.04. The molecule has 4 rings (SSSR count). The minimum Gasteiger partial charge on any atom is -0.454 e. The Hall–Kier alpha value is -3.05. The summed E-state index contributed by atoms with van der Waals surface area (Å²) in [6, 6.07) is 8.71. The van der Waals surface area contributed by atoms with Crippen molar-refractivity contribution in [3.05, 3.63) is 40.6 Å². The van der Waals surface area contributed by atoms with E-state index in [0.29, 0.717) is 27.8 Å². The van der Waals surface area contributed by atoms with Crippen LogP contribution >= 0.6 is 23.1 Å². The van der Waals surface area contributed by atoms with Crippen LogP contribution in [0.1, 0.15) is 9.67 Å². The number of carbonyl (C=O) groups is 2. The van der Waals surface area contributed by atoms with E-state index in [-0.39, 0.29) is 23.7 Å². The third-order valence-electron chi connectivity index (χ3n) is 3.41. The number of hydrogen-bond acceptors (Lipinski definition) is 9. The Bertz CT molecular complexity index is 973. The van der Waals surface area contributed by atoms with Crippen LogP contribution < -0.4 is 20.3 Å². The first kappa shape index (κ1) is 17.4. The maximum absolute atomic E-state index is 11.8. The molecule has 0 spiro atoms. The van der Waals surface area contributed by atoms with Crippen molar-refractivity contribution < 1.29 is 23.5 Å². The van der Waals surface area contributed by atoms with E-state index in [1.807, 2.05) is 0 Å². The van der Waals surface area contributed by atoms with Crippen molar-refractivity contribution in [2.75, 3.05) is 12.5 Å². The second-order valence-electron chi connectivity index (χ2n) is 5.21. The van der Waals surface area contributed by atoms with E-state index in [4.69, 9.17) is 13.9 Å². The van der Waals surface area contributed by atoms with Gasteiger partial charge in [-0.25, -0.2) is 0 Å². The highest BCUT2D eigenvalue weighted by Crippen LogP contribution is 2.35. The summed E-state index contributed by atoms with van der Waals surface area (Å²) in [6.07, 6.45) is 0. The van der Waals surface area contributed by atoms with Gasteiger partial charge < -0.3 is 13.9 Å². The predicted molar refractivity (Wildman–Crippen MR) is 96.5 cm³/mol. The van der Waals surface area contributed by atoms with Gasteiger partial charge in [0.05, 0.1) is 10.6 Å². The molecular weight excluding hydrogens is 392 g/mol. The van der Waals surface area contributed by atoms with Crippen molar-refractivity contribution in [2.24, 2.45) is 0 Å². The summed E-state index contributed by atoms with van der Waals surface area (Å²) in [5, 5.41) is 9.88. The third-order valence-corrected chi connectivity index (χ3v) is 5.10. The number of ether oxygens (including phenoxy) is 2. The zero-order valence-corrected chi connectivity index (χ0v) is 15.3. The Morgan fingerprint density at radius 3 is 2.89 bits per heavy atom. The minimum absolute atomic E-state index is 0.00743. The normalized spacial score (nSPS) is 12.0. The summed E-state index contributed by atoms with van der Waals surface area (Å²) in [7, 11) is 0. The molecule has 2 aromatic heterocycles. The molecule has 0 saturated heterocycles. The number of rotatable bonds is 5. The second kappa shape index (κ2) is 7.68. The van der Waals surface area contributed by atoms with Crippen molar-refractivity contribution >= 4 is 34.9 Å². The van der Waals surface area contributed by atoms with E-state index in [0.717, 1.165) is 11.8 Å². The van der Waals surface area contributed by atoms with Crippen LogP contribution in [0.25, 0.3) is 11.5 Å². The number of carbonyl (C=O) groups excluding carboxylic acids is 2. The zero-order chi connectivity index (χ0) is 18.6. The topological polar surface area (TPSA) is 116 Å². The lowest BCUT2D eigenvalue weighted by atomic mass is 10.2. The van der Waals surface area contributed by atoms with Crippen LogP contribution in [0.4, 0.5) is 0 Å². The van der Waals surface area contributed by atoms with Crippen LogP contribution in [0.15, 0.2) is 45.4 Å². The van der Waals surface area contributed by atoms with E-state index in [2.05, 4.69) is 21.0 Å². The number of nitrogens with zero attached hydrogens (tertiary/aromatic N) is 2. The van der Waals surface area contributed by atoms with E-state index in [9.17, 15) is 9.59 Å². The van der Waals surface area contributed by atoms with Crippen LogP contribution in [-0.4, -0.2) is 34.6 Å². The molecule has 9 nitrogen and oxygen atoms in total. The summed E-state index contributed by atoms with van der Waals surface area (Å²) < 4.78 is 16.1. The molecule has 27 heavy (non-hydrogen) atoms. The van der Waals surface area contributed by atoms with Gasteiger partial charge in [-0.3, -0.25) is 20.4 Å². The Morgan fingerprint density at radius 2 is 2.04 bits per heavy atom. The van der Waals surface area contributed by atoms with Gasteiger partial charge in [-0.15, -0.1) is 21.5 Å². The Labute approximate surface area is 161 Å². The van der Waals surface area contributed by atoms with Gasteiger partial charge in [-0.2, -0.15) is 0 Å². The quantitative estimate of drug-likeness (QED) is 0.491. The van der Waals surface area contributed by atoms with Crippen molar-refractivity contribution in [1.82, 2.24) is 21.0 Å². The fourth-order valence-corrected chi connectivity index (χ4v) is 3.36. The number of thiophene rings is 1. The van der Waals surface area contributed by atoms with Gasteiger partial charge in [0, 0.05) is 5.56 Å². The number of hydrazine groups is 1. The van der Waals surface area contributed by atoms with E-state index < -0.39 is 5.91 Å². The number of hydrogen-bond donors (Lipinski definition) is 2. The first-order valence-electron chi connectivity index (χ1n) is 7.68. The number of thioether (sulfide) groups is 1. The molecule has 0 unspecified atom stereocenters. The highest BCUT2D eigenvalue weighted by molar-refractivity contribution is 7.99. The van der Waals surface area contributed by atoms with Crippen LogP contribution in [0.2, 0.25) is 0 Å². The Kier molecular flexibility index (Phi) is 4.94. The van der Waals surface area contributed by atoms with E-state index in [1.54, 1.807) is 35.7 Å². The van der Waals surface area contributed by atoms with Crippen LogP contribution in [-0.2, 0) is 4.79 Å². The predicted octanol–water partition coefficient (Wildman–Crippen LogP) is 2.08. The molecule has 0 atom stereocenters. The highest BCUT2D eigenvalue weighted by Gasteiger charge is 2.17. The molecule has 1 aromatic carbocycles. The van der Waals surface area contributed by atoms with Gasteiger partial charge in [0.1, 0.15) is 0 Å². The first-order chi connectivity index (χ1) is 13.2. The van der Waals surface area contributed by atoms with Gasteiger partial charge in [0.25, 0.3) is 11.1 Å². The van der Waals surface area contributed by atoms with Gasteiger partial charge in [0.15, 0.2) is 11.5 Å². The van der Waals surface area contributed by atoms with Crippen LogP contribution in [0.5, 0.6) is 11.5 Å². The number of fused-ring (bicyclic) bond motifs is 1. The smallest absolute Gasteiger partial charge is 0.279 e. The fraction of sp³-hybridized carbons (Fsp3) is 0.125. The van der Waals surface area contributed by atoms with Gasteiger partial charge in [0.2, 0.25) is 18.6 Å². The number of aromatic nitrogens is 2. The maximum atomic E-state index is 11.8. The fourth-order valence-electron chi connectivity index (χ4n) is 2.17. The number of amides is 2. The SMILES string of the molecule is O=C(CSc1nnc(-c2ccc3c(c2)OCO3)o1)NNC(=O)c1cccs1. The van der Waals surface area contributed by atoms with E-state index >= 15 is 0 Å². The molecule has 3 heterocycles. The molecule has 11 heteroatoms. The van der Waals surface area contributed by atoms with Crippen molar-refractivity contribution in [1.29, 1.82) is 0 Å². The van der Waals surface area contributed by atoms with Gasteiger partial charge in [-0.05, 0) is 29.6 Å². The molecule has 1 aliphatic rings. The molecule has 0 radical (unpaired) electrons. The summed E-state index contributed by atoms with van der Waals surface area (Å²) in [5.74, 6) is 0.823. The molecule has 0 fully saturated rings. The average Bonchev–Trinajstić information content (AvgIpc) is 3.44. The minimum atomic E-state index is -0.396. The highest BCUT2D eigenvalue weighted by atomic mass is 32.2. The maximum Gasteiger partial charge on any atom is 0.279 e. The molecule has 2 N–H and O–H groups in total. The summed E-state index contributed by atoms with van der Waals surface area (Å²) in [5.41, 5.74) is 5.36. The van der Waals surface area contributed by atoms with Crippen molar-refractivity contribution in [2.45, 2.75) is 5.22 Å². The first-order valence-corrected chi connectivity index (χ1v) is 9.54. The molecule has 0 saturated carbocycles. The standard InChI is InChI=1S/C16H12N4O5S2/c21-13(17-18-14(22)12-2-1-5-26-12)7-27-16-20-19-15(25-16)9-3-4-10-11(6-9)24-8-23-10/h1-6H,7-8H2,(H,17,21)(H,18,22). The van der Waals surface area contributed by atoms with Crippen LogP contribution in [0.3, 0.4) is 0 Å². The second-order valence-corrected chi connectivity index (χ2v) is 7.08. The summed E-state index contributed by atoms with van der Waals surface area (Å²) >= 11 is 2.34.